The second-order valence-electron chi connectivity index (χ2n) is 4.39. The van der Waals surface area contributed by atoms with Gasteiger partial charge in [0.1, 0.15) is 0 Å². The molecular weight excluding hydrogens is 216 g/mol. The molecule has 0 bridgehead atoms. The zero-order valence-electron chi connectivity index (χ0n) is 13.3. The largest absolute Gasteiger partial charge is 2.00 e. The van der Waals surface area contributed by atoms with E-state index in [4.69, 9.17) is 0 Å². The van der Waals surface area contributed by atoms with Gasteiger partial charge in [0.05, 0.1) is 6.10 Å². The van der Waals surface area contributed by atoms with E-state index in [9.17, 15) is 5.11 Å². The van der Waals surface area contributed by atoms with Crippen LogP contribution < -0.4 is 0 Å². The van der Waals surface area contributed by atoms with Gasteiger partial charge in [0, 0.05) is 0 Å². The third-order valence-corrected chi connectivity index (χ3v) is 2.99. The second kappa shape index (κ2) is 8.61. The summed E-state index contributed by atoms with van der Waals surface area (Å²) in [6, 6.07) is 0. The van der Waals surface area contributed by atoms with Crippen LogP contribution in [0.4, 0.5) is 0 Å². The van der Waals surface area contributed by atoms with Crippen LogP contribution in [0.25, 0.3) is 0 Å². The molecule has 1 N–H and O–H groups in total. The van der Waals surface area contributed by atoms with Crippen molar-refractivity contribution in [1.29, 1.82) is 0 Å². The van der Waals surface area contributed by atoms with Crippen molar-refractivity contribution in [3.8, 4) is 0 Å². The summed E-state index contributed by atoms with van der Waals surface area (Å²) in [6.45, 7) is 6.66. The molecule has 0 saturated heterocycles. The Labute approximate surface area is 148 Å². The molecule has 13 heavy (non-hydrogen) atoms. The van der Waals surface area contributed by atoms with Crippen molar-refractivity contribution < 1.29 is 10.8 Å². The molecule has 0 aliphatic heterocycles. The maximum Gasteiger partial charge on any atom is 2.00 e. The van der Waals surface area contributed by atoms with E-state index in [0.29, 0.717) is 11.8 Å². The predicted octanol–water partition coefficient (Wildman–Crippen LogP) is 2.13. The molecule has 1 saturated carbocycles. The SMILES string of the molecule is CC1CCC(C(C)C)C(O)C1.[Ca+2].[Ca+2].[H-].[H-].[H-].[H-]. The first-order chi connectivity index (χ1) is 5.11. The zero-order valence-corrected chi connectivity index (χ0v) is 13.7. The van der Waals surface area contributed by atoms with Crippen LogP contribution in [0.2, 0.25) is 0 Å². The number of aliphatic hydroxyl groups excluding tert-OH is 1. The summed E-state index contributed by atoms with van der Waals surface area (Å²) < 4.78 is 0. The molecule has 3 heteroatoms. The normalized spacial score (nSPS) is 33.5. The van der Waals surface area contributed by atoms with E-state index in [1.165, 1.54) is 12.8 Å². The van der Waals surface area contributed by atoms with E-state index in [1.807, 2.05) is 0 Å². The van der Waals surface area contributed by atoms with Crippen LogP contribution in [0.5, 0.6) is 0 Å². The van der Waals surface area contributed by atoms with Crippen molar-refractivity contribution in [1.82, 2.24) is 0 Å². The van der Waals surface area contributed by atoms with E-state index < -0.39 is 0 Å². The average molecular weight is 240 g/mol. The molecule has 0 aromatic carbocycles. The van der Waals surface area contributed by atoms with E-state index >= 15 is 0 Å². The predicted molar refractivity (Wildman–Crippen MR) is 63.3 cm³/mol. The molecule has 3 unspecified atom stereocenters. The molecule has 0 amide bonds. The fourth-order valence-electron chi connectivity index (χ4n) is 2.15. The van der Waals surface area contributed by atoms with Crippen molar-refractivity contribution >= 4 is 75.5 Å². The van der Waals surface area contributed by atoms with Gasteiger partial charge in [-0.25, -0.2) is 0 Å². The van der Waals surface area contributed by atoms with Gasteiger partial charge in [-0.3, -0.25) is 0 Å². The van der Waals surface area contributed by atoms with Gasteiger partial charge in [-0.2, -0.15) is 0 Å². The number of hydrogen-bond acceptors (Lipinski definition) is 1. The molecule has 1 nitrogen and oxygen atoms in total. The van der Waals surface area contributed by atoms with Gasteiger partial charge in [0.25, 0.3) is 0 Å². The fourth-order valence-corrected chi connectivity index (χ4v) is 2.15. The third-order valence-electron chi connectivity index (χ3n) is 2.99. The summed E-state index contributed by atoms with van der Waals surface area (Å²) in [5.41, 5.74) is 0. The third kappa shape index (κ3) is 5.94. The minimum atomic E-state index is -0.0289. The van der Waals surface area contributed by atoms with Crippen LogP contribution in [-0.4, -0.2) is 86.7 Å². The summed E-state index contributed by atoms with van der Waals surface area (Å²) in [6.07, 6.45) is 3.52. The van der Waals surface area contributed by atoms with E-state index in [2.05, 4.69) is 20.8 Å². The maximum atomic E-state index is 9.71. The molecule has 1 aliphatic carbocycles. The summed E-state index contributed by atoms with van der Waals surface area (Å²) in [5.74, 6) is 1.95. The van der Waals surface area contributed by atoms with Crippen LogP contribution in [0.1, 0.15) is 45.7 Å². The molecule has 0 spiro atoms. The average Bonchev–Trinajstić information content (AvgIpc) is 1.85. The van der Waals surface area contributed by atoms with Crippen LogP contribution in [0.15, 0.2) is 0 Å². The molecule has 0 heterocycles. The molecule has 0 radical (unpaired) electrons. The van der Waals surface area contributed by atoms with Gasteiger partial charge < -0.3 is 10.8 Å². The summed E-state index contributed by atoms with van der Waals surface area (Å²) in [5, 5.41) is 9.71. The number of aliphatic hydroxyl groups is 1. The Morgan fingerprint density at radius 1 is 1.23 bits per heavy atom. The smallest absolute Gasteiger partial charge is 1.00 e. The first kappa shape index (κ1) is 17.9. The van der Waals surface area contributed by atoms with Crippen LogP contribution in [-0.2, 0) is 0 Å². The summed E-state index contributed by atoms with van der Waals surface area (Å²) >= 11 is 0. The zero-order chi connectivity index (χ0) is 8.43. The molecule has 1 rings (SSSR count). The van der Waals surface area contributed by atoms with Crippen molar-refractivity contribution in [2.24, 2.45) is 17.8 Å². The van der Waals surface area contributed by atoms with E-state index in [1.54, 1.807) is 0 Å². The Bertz CT molecular complexity index is 141. The molecule has 74 valence electrons. The molecule has 1 fully saturated rings. The Balaban J connectivity index is -0.0000000504. The van der Waals surface area contributed by atoms with Gasteiger partial charge in [-0.05, 0) is 30.6 Å². The molecular formula is C10H24Ca2O. The van der Waals surface area contributed by atoms with Crippen molar-refractivity contribution in [2.75, 3.05) is 0 Å². The second-order valence-corrected chi connectivity index (χ2v) is 4.39. The first-order valence-electron chi connectivity index (χ1n) is 4.79. The molecule has 0 aromatic rings. The summed E-state index contributed by atoms with van der Waals surface area (Å²) in [7, 11) is 0. The van der Waals surface area contributed by atoms with E-state index in [0.717, 1.165) is 12.3 Å². The molecule has 0 aromatic heterocycles. The topological polar surface area (TPSA) is 20.2 Å². The van der Waals surface area contributed by atoms with Crippen molar-refractivity contribution in [3.63, 3.8) is 0 Å². The minimum Gasteiger partial charge on any atom is -1.00 e. The monoisotopic (exact) mass is 240 g/mol. The van der Waals surface area contributed by atoms with Crippen LogP contribution in [0.3, 0.4) is 0 Å². The van der Waals surface area contributed by atoms with Gasteiger partial charge in [-0.15, -0.1) is 0 Å². The molecule has 3 atom stereocenters. The van der Waals surface area contributed by atoms with Gasteiger partial charge in [0.15, 0.2) is 0 Å². The Hall–Kier alpha value is 2.48. The molecule has 1 aliphatic rings. The number of hydrogen-bond donors (Lipinski definition) is 1. The van der Waals surface area contributed by atoms with Crippen LogP contribution in [0, 0.1) is 17.8 Å². The maximum absolute atomic E-state index is 9.71. The van der Waals surface area contributed by atoms with Crippen molar-refractivity contribution in [2.45, 2.75) is 46.1 Å². The first-order valence-corrected chi connectivity index (χ1v) is 4.79. The quantitative estimate of drug-likeness (QED) is 0.696. The Kier molecular flexibility index (Phi) is 11.8. The number of rotatable bonds is 1. The standard InChI is InChI=1S/C10H20O.2Ca.4H/c1-7(2)9-5-4-8(3)6-10(9)11;;;;;;/h7-11H,4-6H2,1-3H3;;;;;;/q;2*+2;4*-1. The van der Waals surface area contributed by atoms with Crippen molar-refractivity contribution in [3.05, 3.63) is 0 Å². The van der Waals surface area contributed by atoms with Gasteiger partial charge in [-0.1, -0.05) is 27.2 Å². The fraction of sp³-hybridized carbons (Fsp3) is 1.00. The Morgan fingerprint density at radius 3 is 2.15 bits per heavy atom. The Morgan fingerprint density at radius 2 is 1.77 bits per heavy atom. The minimum absolute atomic E-state index is 0. The van der Waals surface area contributed by atoms with Crippen LogP contribution >= 0.6 is 0 Å². The van der Waals surface area contributed by atoms with Gasteiger partial charge in [0.2, 0.25) is 0 Å². The summed E-state index contributed by atoms with van der Waals surface area (Å²) in [4.78, 5) is 0. The van der Waals surface area contributed by atoms with E-state index in [-0.39, 0.29) is 87.3 Å². The van der Waals surface area contributed by atoms with Gasteiger partial charge >= 0.3 is 75.5 Å².